The Morgan fingerprint density at radius 3 is 2.30 bits per heavy atom. The fourth-order valence-corrected chi connectivity index (χ4v) is 2.74. The van der Waals surface area contributed by atoms with Crippen molar-refractivity contribution in [3.8, 4) is 11.5 Å². The van der Waals surface area contributed by atoms with Crippen LogP contribution in [0, 0.1) is 6.92 Å². The number of aryl methyl sites for hydroxylation is 1. The zero-order valence-corrected chi connectivity index (χ0v) is 18.8. The maximum Gasteiger partial charge on any atom is 0.343 e. The average molecular weight is 457 g/mol. The normalized spacial score (nSPS) is 10.7. The lowest BCUT2D eigenvalue weighted by Gasteiger charge is -2.18. The van der Waals surface area contributed by atoms with Crippen LogP contribution in [0.1, 0.15) is 41.3 Å². The number of carbonyl (C=O) groups excluding carboxylic acids is 1. The zero-order valence-electron chi connectivity index (χ0n) is 16.4. The van der Waals surface area contributed by atoms with E-state index in [4.69, 9.17) is 9.47 Å². The van der Waals surface area contributed by atoms with Crippen LogP contribution in [0.25, 0.3) is 0 Å². The Balaban J connectivity index is 0.00000364. The van der Waals surface area contributed by atoms with Crippen LogP contribution in [-0.2, 0) is 0 Å². The van der Waals surface area contributed by atoms with E-state index >= 15 is 0 Å². The molecule has 0 saturated carbocycles. The van der Waals surface area contributed by atoms with Gasteiger partial charge in [-0.15, -0.1) is 0 Å². The third-order valence-corrected chi connectivity index (χ3v) is 4.60. The van der Waals surface area contributed by atoms with Gasteiger partial charge in [-0.05, 0) is 54.8 Å². The molecule has 4 nitrogen and oxygen atoms in total. The fourth-order valence-electron chi connectivity index (χ4n) is 2.47. The predicted molar refractivity (Wildman–Crippen MR) is 108 cm³/mol. The molecule has 0 unspecified atom stereocenters. The molecular formula is C21H27BrClNO3. The maximum absolute atomic E-state index is 12.4. The van der Waals surface area contributed by atoms with Gasteiger partial charge >= 0.3 is 5.97 Å². The molecular weight excluding hydrogens is 430 g/mol. The van der Waals surface area contributed by atoms with Crippen LogP contribution in [0.4, 0.5) is 0 Å². The largest absolute Gasteiger partial charge is 1.00 e. The quantitative estimate of drug-likeness (QED) is 0.491. The minimum Gasteiger partial charge on any atom is -1.00 e. The minimum atomic E-state index is -0.361. The van der Waals surface area contributed by atoms with Crippen LogP contribution in [0.5, 0.6) is 11.5 Å². The van der Waals surface area contributed by atoms with Gasteiger partial charge in [-0.25, -0.2) is 4.79 Å². The van der Waals surface area contributed by atoms with Gasteiger partial charge in [-0.3, -0.25) is 0 Å². The second-order valence-corrected chi connectivity index (χ2v) is 7.93. The standard InChI is InChI=1S/C21H26BrNO3.ClH/c1-14(2)18-13-19(15(3)12-20(18)25-11-10-23(4)5)26-21(24)16-6-8-17(22)9-7-16;/h6-9,12-14H,10-11H2,1-5H3;1H. The number of hydrogen-bond donors (Lipinski definition) is 1. The smallest absolute Gasteiger partial charge is 0.343 e. The fraction of sp³-hybridized carbons (Fsp3) is 0.381. The van der Waals surface area contributed by atoms with Gasteiger partial charge in [-0.1, -0.05) is 29.8 Å². The first-order chi connectivity index (χ1) is 12.3. The predicted octanol–water partition coefficient (Wildman–Crippen LogP) is 0.627. The molecule has 0 amide bonds. The van der Waals surface area contributed by atoms with Crippen molar-refractivity contribution >= 4 is 21.9 Å². The molecule has 1 N–H and O–H groups in total. The molecule has 0 aliphatic carbocycles. The molecule has 0 spiro atoms. The average Bonchev–Trinajstić information content (AvgIpc) is 2.57. The molecule has 0 saturated heterocycles. The first kappa shape index (κ1) is 23.5. The van der Waals surface area contributed by atoms with Gasteiger partial charge in [0.1, 0.15) is 24.7 Å². The summed E-state index contributed by atoms with van der Waals surface area (Å²) in [6.07, 6.45) is 0. The maximum atomic E-state index is 12.4. The Morgan fingerprint density at radius 1 is 1.11 bits per heavy atom. The lowest BCUT2D eigenvalue weighted by Crippen LogP contribution is -3.06. The Labute approximate surface area is 176 Å². The lowest BCUT2D eigenvalue weighted by molar-refractivity contribution is -0.858. The topological polar surface area (TPSA) is 40.0 Å². The summed E-state index contributed by atoms with van der Waals surface area (Å²) >= 11 is 3.37. The van der Waals surface area contributed by atoms with Crippen molar-refractivity contribution in [1.82, 2.24) is 0 Å². The van der Waals surface area contributed by atoms with E-state index < -0.39 is 0 Å². The summed E-state index contributed by atoms with van der Waals surface area (Å²) in [5.74, 6) is 1.34. The number of esters is 1. The van der Waals surface area contributed by atoms with Crippen molar-refractivity contribution in [1.29, 1.82) is 0 Å². The second kappa shape index (κ2) is 10.7. The van der Waals surface area contributed by atoms with Crippen molar-refractivity contribution < 1.29 is 31.6 Å². The molecule has 2 aromatic rings. The lowest BCUT2D eigenvalue weighted by atomic mass is 9.99. The van der Waals surface area contributed by atoms with Crippen LogP contribution in [-0.4, -0.2) is 33.2 Å². The molecule has 2 rings (SSSR count). The summed E-state index contributed by atoms with van der Waals surface area (Å²) in [4.78, 5) is 13.8. The van der Waals surface area contributed by atoms with E-state index in [0.29, 0.717) is 17.9 Å². The van der Waals surface area contributed by atoms with Gasteiger partial charge in [0.15, 0.2) is 0 Å². The highest BCUT2D eigenvalue weighted by Crippen LogP contribution is 2.33. The van der Waals surface area contributed by atoms with Crippen LogP contribution in [0.2, 0.25) is 0 Å². The van der Waals surface area contributed by atoms with Crippen molar-refractivity contribution in [2.24, 2.45) is 0 Å². The molecule has 148 valence electrons. The van der Waals surface area contributed by atoms with Crippen LogP contribution in [0.3, 0.4) is 0 Å². The van der Waals surface area contributed by atoms with Gasteiger partial charge in [0.25, 0.3) is 0 Å². The third kappa shape index (κ3) is 6.83. The summed E-state index contributed by atoms with van der Waals surface area (Å²) < 4.78 is 12.6. The number of likely N-dealkylation sites (N-methyl/N-ethyl adjacent to an activating group) is 1. The Bertz CT molecular complexity index is 761. The SMILES string of the molecule is Cc1cc(OCC[NH+](C)C)c(C(C)C)cc1OC(=O)c1ccc(Br)cc1.[Cl-]. The van der Waals surface area contributed by atoms with Crippen LogP contribution in [0.15, 0.2) is 40.9 Å². The Kier molecular flexibility index (Phi) is 9.30. The Morgan fingerprint density at radius 2 is 1.74 bits per heavy atom. The van der Waals surface area contributed by atoms with E-state index in [1.807, 2.05) is 31.2 Å². The highest BCUT2D eigenvalue weighted by atomic mass is 79.9. The molecule has 0 aliphatic rings. The number of nitrogens with one attached hydrogen (secondary N) is 1. The molecule has 0 heterocycles. The van der Waals surface area contributed by atoms with E-state index in [-0.39, 0.29) is 24.3 Å². The number of ether oxygens (including phenoxy) is 2. The molecule has 0 bridgehead atoms. The summed E-state index contributed by atoms with van der Waals surface area (Å²) in [6, 6.07) is 11.0. The van der Waals surface area contributed by atoms with Gasteiger partial charge in [-0.2, -0.15) is 0 Å². The summed E-state index contributed by atoms with van der Waals surface area (Å²) in [7, 11) is 4.20. The van der Waals surface area contributed by atoms with Gasteiger partial charge in [0.2, 0.25) is 0 Å². The molecule has 0 aliphatic heterocycles. The number of carbonyl (C=O) groups is 1. The van der Waals surface area contributed by atoms with Gasteiger partial charge < -0.3 is 26.8 Å². The van der Waals surface area contributed by atoms with Crippen molar-refractivity contribution in [2.45, 2.75) is 26.7 Å². The van der Waals surface area contributed by atoms with E-state index in [1.54, 1.807) is 12.1 Å². The zero-order chi connectivity index (χ0) is 19.3. The molecule has 2 aromatic carbocycles. The van der Waals surface area contributed by atoms with E-state index in [0.717, 1.165) is 27.9 Å². The minimum absolute atomic E-state index is 0. The molecule has 27 heavy (non-hydrogen) atoms. The van der Waals surface area contributed by atoms with Gasteiger partial charge in [0.05, 0.1) is 19.7 Å². The van der Waals surface area contributed by atoms with Crippen LogP contribution < -0.4 is 26.8 Å². The number of quaternary nitrogens is 1. The number of hydrogen-bond acceptors (Lipinski definition) is 3. The van der Waals surface area contributed by atoms with E-state index in [9.17, 15) is 4.79 Å². The number of benzene rings is 2. The highest BCUT2D eigenvalue weighted by Gasteiger charge is 2.16. The molecule has 6 heteroatoms. The van der Waals surface area contributed by atoms with Crippen molar-refractivity contribution in [2.75, 3.05) is 27.2 Å². The molecule has 0 fully saturated rings. The van der Waals surface area contributed by atoms with E-state index in [2.05, 4.69) is 43.9 Å². The summed E-state index contributed by atoms with van der Waals surface area (Å²) in [6.45, 7) is 7.72. The molecule has 0 atom stereocenters. The second-order valence-electron chi connectivity index (χ2n) is 7.01. The summed E-state index contributed by atoms with van der Waals surface area (Å²) in [5, 5.41) is 0. The molecule has 0 radical (unpaired) electrons. The molecule has 0 aromatic heterocycles. The summed E-state index contributed by atoms with van der Waals surface area (Å²) in [5.41, 5.74) is 2.45. The van der Waals surface area contributed by atoms with Crippen molar-refractivity contribution in [3.05, 3.63) is 57.6 Å². The monoisotopic (exact) mass is 455 g/mol. The van der Waals surface area contributed by atoms with E-state index in [1.165, 1.54) is 4.90 Å². The highest BCUT2D eigenvalue weighted by molar-refractivity contribution is 9.10. The number of rotatable bonds is 7. The van der Waals surface area contributed by atoms with Crippen LogP contribution >= 0.6 is 15.9 Å². The first-order valence-corrected chi connectivity index (χ1v) is 9.61. The first-order valence-electron chi connectivity index (χ1n) is 8.82. The van der Waals surface area contributed by atoms with Crippen molar-refractivity contribution in [3.63, 3.8) is 0 Å². The third-order valence-electron chi connectivity index (χ3n) is 4.07. The van der Waals surface area contributed by atoms with Gasteiger partial charge in [0, 0.05) is 10.0 Å². The Hall–Kier alpha value is -1.56. The number of halogens is 2.